The van der Waals surface area contributed by atoms with E-state index >= 15 is 0 Å². The molecule has 3 aromatic carbocycles. The second-order valence-corrected chi connectivity index (χ2v) is 11.3. The molecule has 2 N–H and O–H groups in total. The highest BCUT2D eigenvalue weighted by atomic mass is 127. The molecule has 4 nitrogen and oxygen atoms in total. The second-order valence-electron chi connectivity index (χ2n) is 8.99. The fourth-order valence-corrected chi connectivity index (χ4v) is 5.21. The molecule has 0 amide bonds. The Labute approximate surface area is 256 Å². The maximum absolute atomic E-state index is 6.14. The van der Waals surface area contributed by atoms with Gasteiger partial charge >= 0.3 is 0 Å². The molecule has 0 aliphatic rings. The van der Waals surface area contributed by atoms with Crippen LogP contribution < -0.4 is 20.1 Å². The number of nitrogens with one attached hydrogen (secondary N) is 2. The molecule has 0 bridgehead atoms. The van der Waals surface area contributed by atoms with Gasteiger partial charge in [0.1, 0.15) is 24.7 Å². The Morgan fingerprint density at radius 3 is 1.49 bits per heavy atom. The van der Waals surface area contributed by atoms with E-state index in [1.807, 2.05) is 0 Å². The number of rotatable bonds is 16. The molecule has 0 fully saturated rings. The average molecular weight is 749 g/mol. The standard InChI is InChI=1S/C30H38I2N2O2.ClH/c1-3-5-14-33-19-23-10-12-29(27(31)17-23)35-21-25-8-7-9-26(16-25)22-36-30-13-11-24(18-28(30)32)20-34-15-6-4-2;/h7-13,16-18,33-34H,3-6,14-15,19-22H2,1-2H3;1H. The predicted octanol–water partition coefficient (Wildman–Crippen LogP) is 8.26. The van der Waals surface area contributed by atoms with E-state index in [2.05, 4.69) is 130 Å². The van der Waals surface area contributed by atoms with E-state index in [-0.39, 0.29) is 12.4 Å². The molecule has 0 unspecified atom stereocenters. The number of hydrogen-bond acceptors (Lipinski definition) is 4. The molecule has 0 radical (unpaired) electrons. The second kappa shape index (κ2) is 18.3. The van der Waals surface area contributed by atoms with Crippen molar-refractivity contribution in [3.05, 3.63) is 90.1 Å². The summed E-state index contributed by atoms with van der Waals surface area (Å²) in [6.07, 6.45) is 4.86. The molecular weight excluding hydrogens is 710 g/mol. The van der Waals surface area contributed by atoms with Crippen LogP contribution in [-0.4, -0.2) is 13.1 Å². The Morgan fingerprint density at radius 2 is 1.08 bits per heavy atom. The molecule has 3 rings (SSSR count). The van der Waals surface area contributed by atoms with E-state index in [1.165, 1.54) is 36.8 Å². The molecule has 0 spiro atoms. The van der Waals surface area contributed by atoms with Crippen molar-refractivity contribution in [2.75, 3.05) is 13.1 Å². The smallest absolute Gasteiger partial charge is 0.133 e. The van der Waals surface area contributed by atoms with Gasteiger partial charge in [-0.05, 0) is 124 Å². The maximum atomic E-state index is 6.14. The summed E-state index contributed by atoms with van der Waals surface area (Å²) in [5.74, 6) is 1.85. The zero-order valence-electron chi connectivity index (χ0n) is 21.8. The van der Waals surface area contributed by atoms with E-state index in [4.69, 9.17) is 9.47 Å². The van der Waals surface area contributed by atoms with Crippen LogP contribution in [-0.2, 0) is 26.3 Å². The predicted molar refractivity (Wildman–Crippen MR) is 174 cm³/mol. The highest BCUT2D eigenvalue weighted by Crippen LogP contribution is 2.25. The van der Waals surface area contributed by atoms with E-state index in [9.17, 15) is 0 Å². The van der Waals surface area contributed by atoms with Gasteiger partial charge in [0.2, 0.25) is 0 Å². The lowest BCUT2D eigenvalue weighted by molar-refractivity contribution is 0.297. The average Bonchev–Trinajstić information content (AvgIpc) is 2.88. The van der Waals surface area contributed by atoms with Crippen molar-refractivity contribution in [3.8, 4) is 11.5 Å². The molecule has 7 heteroatoms. The van der Waals surface area contributed by atoms with Crippen LogP contribution in [0.4, 0.5) is 0 Å². The largest absolute Gasteiger partial charge is 0.488 e. The molecule has 0 aliphatic carbocycles. The molecule has 3 aromatic rings. The third-order valence-corrected chi connectivity index (χ3v) is 7.53. The van der Waals surface area contributed by atoms with Gasteiger partial charge in [0.15, 0.2) is 0 Å². The highest BCUT2D eigenvalue weighted by Gasteiger charge is 2.06. The minimum Gasteiger partial charge on any atom is -0.488 e. The van der Waals surface area contributed by atoms with Gasteiger partial charge in [-0.2, -0.15) is 0 Å². The summed E-state index contributed by atoms with van der Waals surface area (Å²) in [4.78, 5) is 0. The normalized spacial score (nSPS) is 10.7. The topological polar surface area (TPSA) is 42.5 Å². The van der Waals surface area contributed by atoms with E-state index in [1.54, 1.807) is 0 Å². The summed E-state index contributed by atoms with van der Waals surface area (Å²) in [6, 6.07) is 21.3. The first-order chi connectivity index (χ1) is 17.6. The summed E-state index contributed by atoms with van der Waals surface area (Å²) in [6.45, 7) is 9.42. The van der Waals surface area contributed by atoms with E-state index in [0.717, 1.165) is 55.9 Å². The minimum atomic E-state index is 0. The van der Waals surface area contributed by atoms with Gasteiger partial charge < -0.3 is 20.1 Å². The van der Waals surface area contributed by atoms with Crippen LogP contribution in [0.25, 0.3) is 0 Å². The zero-order valence-corrected chi connectivity index (χ0v) is 27.0. The number of hydrogen-bond donors (Lipinski definition) is 2. The van der Waals surface area contributed by atoms with Crippen molar-refractivity contribution < 1.29 is 9.47 Å². The molecule has 0 saturated heterocycles. The lowest BCUT2D eigenvalue weighted by Crippen LogP contribution is -2.14. The first-order valence-electron chi connectivity index (χ1n) is 12.9. The Hall–Kier alpha value is -1.07. The molecule has 202 valence electrons. The molecule has 0 heterocycles. The Kier molecular flexibility index (Phi) is 15.9. The summed E-state index contributed by atoms with van der Waals surface area (Å²) in [5, 5.41) is 6.99. The fraction of sp³-hybridized carbons (Fsp3) is 0.400. The lowest BCUT2D eigenvalue weighted by Gasteiger charge is -2.13. The van der Waals surface area contributed by atoms with Crippen LogP contribution in [0.5, 0.6) is 11.5 Å². The molecule has 0 saturated carbocycles. The SMILES string of the molecule is CCCCNCc1ccc(OCc2cccc(COc3ccc(CNCCCC)cc3I)c2)c(I)c1.Cl. The van der Waals surface area contributed by atoms with Gasteiger partial charge in [-0.1, -0.05) is 57.0 Å². The van der Waals surface area contributed by atoms with Gasteiger partial charge in [0, 0.05) is 13.1 Å². The molecule has 0 aliphatic heterocycles. The Bertz CT molecular complexity index is 1000. The number of benzene rings is 3. The van der Waals surface area contributed by atoms with Crippen LogP contribution in [0, 0.1) is 7.14 Å². The quantitative estimate of drug-likeness (QED) is 0.115. The summed E-state index contributed by atoms with van der Waals surface area (Å²) in [5.41, 5.74) is 4.86. The van der Waals surface area contributed by atoms with E-state index in [0.29, 0.717) is 13.2 Å². The molecular formula is C30H39ClI2N2O2. The van der Waals surface area contributed by atoms with Crippen molar-refractivity contribution in [2.45, 2.75) is 65.8 Å². The van der Waals surface area contributed by atoms with Crippen molar-refractivity contribution in [2.24, 2.45) is 0 Å². The van der Waals surface area contributed by atoms with Crippen LogP contribution in [0.1, 0.15) is 61.8 Å². The third-order valence-electron chi connectivity index (χ3n) is 5.85. The molecule has 37 heavy (non-hydrogen) atoms. The number of halogens is 3. The van der Waals surface area contributed by atoms with E-state index < -0.39 is 0 Å². The van der Waals surface area contributed by atoms with Crippen LogP contribution in [0.2, 0.25) is 0 Å². The first kappa shape index (κ1) is 32.1. The first-order valence-corrected chi connectivity index (χ1v) is 15.1. The Morgan fingerprint density at radius 1 is 0.622 bits per heavy atom. The monoisotopic (exact) mass is 748 g/mol. The molecule has 0 atom stereocenters. The van der Waals surface area contributed by atoms with Gasteiger partial charge in [-0.3, -0.25) is 0 Å². The summed E-state index contributed by atoms with van der Waals surface area (Å²) < 4.78 is 14.6. The molecule has 0 aromatic heterocycles. The highest BCUT2D eigenvalue weighted by molar-refractivity contribution is 14.1. The fourth-order valence-electron chi connectivity index (χ4n) is 3.74. The van der Waals surface area contributed by atoms with Crippen molar-refractivity contribution in [1.29, 1.82) is 0 Å². The minimum absolute atomic E-state index is 0. The van der Waals surface area contributed by atoms with Gasteiger partial charge in [-0.15, -0.1) is 12.4 Å². The summed E-state index contributed by atoms with van der Waals surface area (Å²) >= 11 is 4.72. The zero-order chi connectivity index (χ0) is 25.6. The lowest BCUT2D eigenvalue weighted by atomic mass is 10.1. The Balaban J connectivity index is 0.00000481. The number of unbranched alkanes of at least 4 members (excludes halogenated alkanes) is 2. The number of ether oxygens (including phenoxy) is 2. The van der Waals surface area contributed by atoms with Crippen molar-refractivity contribution in [3.63, 3.8) is 0 Å². The van der Waals surface area contributed by atoms with Crippen LogP contribution in [0.3, 0.4) is 0 Å². The van der Waals surface area contributed by atoms with Crippen LogP contribution in [0.15, 0.2) is 60.7 Å². The summed E-state index contributed by atoms with van der Waals surface area (Å²) in [7, 11) is 0. The maximum Gasteiger partial charge on any atom is 0.133 e. The van der Waals surface area contributed by atoms with Crippen molar-refractivity contribution in [1.82, 2.24) is 10.6 Å². The van der Waals surface area contributed by atoms with Gasteiger partial charge in [0.05, 0.1) is 7.14 Å². The van der Waals surface area contributed by atoms with Crippen molar-refractivity contribution >= 4 is 57.6 Å². The van der Waals surface area contributed by atoms with Crippen LogP contribution >= 0.6 is 57.6 Å². The third kappa shape index (κ3) is 11.7. The van der Waals surface area contributed by atoms with Gasteiger partial charge in [-0.25, -0.2) is 0 Å². The van der Waals surface area contributed by atoms with Gasteiger partial charge in [0.25, 0.3) is 0 Å².